The normalized spacial score (nSPS) is 14.7. The van der Waals surface area contributed by atoms with Crippen molar-refractivity contribution in [2.24, 2.45) is 0 Å². The third-order valence-electron chi connectivity index (χ3n) is 5.35. The molecule has 180 valence electrons. The van der Waals surface area contributed by atoms with Gasteiger partial charge in [-0.2, -0.15) is 4.98 Å². The number of esters is 2. The van der Waals surface area contributed by atoms with Gasteiger partial charge in [0.05, 0.1) is 18.2 Å². The number of halogens is 1. The number of benzene rings is 2. The Morgan fingerprint density at radius 3 is 2.63 bits per heavy atom. The fourth-order valence-corrected chi connectivity index (χ4v) is 4.77. The van der Waals surface area contributed by atoms with Crippen LogP contribution in [-0.2, 0) is 20.0 Å². The first-order valence-corrected chi connectivity index (χ1v) is 12.1. The Kier molecular flexibility index (Phi) is 7.57. The largest absolute Gasteiger partial charge is 0.465 e. The zero-order valence-electron chi connectivity index (χ0n) is 19.2. The molecule has 0 radical (unpaired) electrons. The van der Waals surface area contributed by atoms with Crippen LogP contribution in [0.15, 0.2) is 77.6 Å². The van der Waals surface area contributed by atoms with E-state index in [-0.39, 0.29) is 6.61 Å². The second kappa shape index (κ2) is 10.8. The van der Waals surface area contributed by atoms with Gasteiger partial charge in [0.25, 0.3) is 0 Å². The molecule has 0 bridgehead atoms. The lowest BCUT2D eigenvalue weighted by Crippen LogP contribution is -2.29. The number of aromatic nitrogens is 3. The van der Waals surface area contributed by atoms with E-state index in [2.05, 4.69) is 22.0 Å². The van der Waals surface area contributed by atoms with Gasteiger partial charge in [0, 0.05) is 16.5 Å². The van der Waals surface area contributed by atoms with Crippen LogP contribution >= 0.6 is 23.4 Å². The molecule has 10 heteroatoms. The van der Waals surface area contributed by atoms with Crippen molar-refractivity contribution in [3.63, 3.8) is 0 Å². The number of rotatable bonds is 8. The van der Waals surface area contributed by atoms with Crippen LogP contribution in [0.5, 0.6) is 0 Å². The van der Waals surface area contributed by atoms with Crippen molar-refractivity contribution in [1.82, 2.24) is 14.8 Å². The number of carbonyl (C=O) groups is 2. The van der Waals surface area contributed by atoms with Gasteiger partial charge < -0.3 is 14.8 Å². The van der Waals surface area contributed by atoms with E-state index in [0.717, 1.165) is 11.1 Å². The molecule has 0 spiro atoms. The SMILES string of the molecule is C=CCOC(=O)C1=C(C)Nc2nc(SCc3ccccc3Cl)nn2C1c1ccc(C(=O)OC)cc1. The van der Waals surface area contributed by atoms with Crippen molar-refractivity contribution in [3.05, 3.63) is 94.2 Å². The summed E-state index contributed by atoms with van der Waals surface area (Å²) in [5.74, 6) is 0.135. The lowest BCUT2D eigenvalue weighted by atomic mass is 9.95. The predicted molar refractivity (Wildman–Crippen MR) is 134 cm³/mol. The molecule has 2 heterocycles. The minimum Gasteiger partial charge on any atom is -0.465 e. The molecule has 0 aliphatic carbocycles. The molecule has 0 fully saturated rings. The molecule has 1 unspecified atom stereocenters. The first kappa shape index (κ1) is 24.6. The van der Waals surface area contributed by atoms with Crippen molar-refractivity contribution < 1.29 is 19.1 Å². The highest BCUT2D eigenvalue weighted by molar-refractivity contribution is 7.98. The zero-order chi connectivity index (χ0) is 24.9. The van der Waals surface area contributed by atoms with Crippen LogP contribution in [0.25, 0.3) is 0 Å². The number of thioether (sulfide) groups is 1. The Balaban J connectivity index is 1.70. The number of hydrogen-bond acceptors (Lipinski definition) is 8. The highest BCUT2D eigenvalue weighted by Gasteiger charge is 2.35. The van der Waals surface area contributed by atoms with Crippen LogP contribution in [0.3, 0.4) is 0 Å². The molecule has 3 aromatic rings. The Hall–Kier alpha value is -3.56. The van der Waals surface area contributed by atoms with E-state index in [1.807, 2.05) is 24.3 Å². The number of nitrogens with zero attached hydrogens (tertiary/aromatic N) is 3. The van der Waals surface area contributed by atoms with E-state index in [0.29, 0.717) is 38.7 Å². The van der Waals surface area contributed by atoms with E-state index in [1.54, 1.807) is 35.9 Å². The standard InChI is InChI=1S/C25H23ClN4O4S/c1-4-13-34-23(32)20-15(2)27-24-28-25(35-14-18-7-5-6-8-19(18)26)29-30(24)21(20)16-9-11-17(12-10-16)22(31)33-3/h4-12,21H,1,13-14H2,2-3H3,(H,27,28,29). The third-order valence-corrected chi connectivity index (χ3v) is 6.60. The lowest BCUT2D eigenvalue weighted by molar-refractivity contribution is -0.138. The number of hydrogen-bond donors (Lipinski definition) is 1. The summed E-state index contributed by atoms with van der Waals surface area (Å²) in [6, 6.07) is 13.8. The molecule has 1 aromatic heterocycles. The summed E-state index contributed by atoms with van der Waals surface area (Å²) in [5, 5.41) is 9.05. The van der Waals surface area contributed by atoms with Crippen LogP contribution in [0, 0.1) is 0 Å². The van der Waals surface area contributed by atoms with Crippen LogP contribution in [0.4, 0.5) is 5.95 Å². The zero-order valence-corrected chi connectivity index (χ0v) is 20.7. The smallest absolute Gasteiger partial charge is 0.338 e. The van der Waals surface area contributed by atoms with Crippen molar-refractivity contribution >= 4 is 41.2 Å². The fourth-order valence-electron chi connectivity index (χ4n) is 3.65. The van der Waals surface area contributed by atoms with E-state index < -0.39 is 18.0 Å². The molecule has 35 heavy (non-hydrogen) atoms. The van der Waals surface area contributed by atoms with Crippen LogP contribution in [-0.4, -0.2) is 40.4 Å². The Labute approximate surface area is 212 Å². The molecule has 4 rings (SSSR count). The van der Waals surface area contributed by atoms with Gasteiger partial charge in [-0.15, -0.1) is 5.10 Å². The topological polar surface area (TPSA) is 95.3 Å². The van der Waals surface area contributed by atoms with Crippen molar-refractivity contribution in [2.75, 3.05) is 19.0 Å². The van der Waals surface area contributed by atoms with Gasteiger partial charge in [-0.05, 0) is 36.2 Å². The van der Waals surface area contributed by atoms with Gasteiger partial charge in [0.2, 0.25) is 11.1 Å². The molecular weight excluding hydrogens is 488 g/mol. The first-order valence-electron chi connectivity index (χ1n) is 10.7. The highest BCUT2D eigenvalue weighted by Crippen LogP contribution is 2.37. The highest BCUT2D eigenvalue weighted by atomic mass is 35.5. The average molecular weight is 511 g/mol. The Morgan fingerprint density at radius 1 is 1.20 bits per heavy atom. The molecule has 1 atom stereocenters. The Bertz CT molecular complexity index is 1300. The number of fused-ring (bicyclic) bond motifs is 1. The summed E-state index contributed by atoms with van der Waals surface area (Å²) in [4.78, 5) is 29.5. The minimum absolute atomic E-state index is 0.0762. The maximum atomic E-state index is 13.0. The summed E-state index contributed by atoms with van der Waals surface area (Å²) in [7, 11) is 1.33. The summed E-state index contributed by atoms with van der Waals surface area (Å²) in [6.45, 7) is 5.47. The van der Waals surface area contributed by atoms with Gasteiger partial charge in [-0.3, -0.25) is 0 Å². The quantitative estimate of drug-likeness (QED) is 0.256. The van der Waals surface area contributed by atoms with E-state index in [4.69, 9.17) is 21.1 Å². The predicted octanol–water partition coefficient (Wildman–Crippen LogP) is 5.03. The lowest BCUT2D eigenvalue weighted by Gasteiger charge is -2.28. The van der Waals surface area contributed by atoms with Gasteiger partial charge in [-0.1, -0.05) is 66.3 Å². The second-order valence-corrected chi connectivity index (χ2v) is 8.96. The molecule has 1 aliphatic rings. The number of nitrogens with one attached hydrogen (secondary N) is 1. The van der Waals surface area contributed by atoms with Crippen molar-refractivity contribution in [1.29, 1.82) is 0 Å². The molecule has 0 saturated carbocycles. The number of methoxy groups -OCH3 is 1. The van der Waals surface area contributed by atoms with Gasteiger partial charge >= 0.3 is 11.9 Å². The Morgan fingerprint density at radius 2 is 1.94 bits per heavy atom. The third kappa shape index (κ3) is 5.26. The number of carbonyl (C=O) groups excluding carboxylic acids is 2. The maximum absolute atomic E-state index is 13.0. The average Bonchev–Trinajstić information content (AvgIpc) is 3.27. The molecule has 0 amide bonds. The van der Waals surface area contributed by atoms with E-state index >= 15 is 0 Å². The second-order valence-electron chi connectivity index (χ2n) is 7.61. The molecule has 0 saturated heterocycles. The molecule has 2 aromatic carbocycles. The van der Waals surface area contributed by atoms with Gasteiger partial charge in [-0.25, -0.2) is 14.3 Å². The maximum Gasteiger partial charge on any atom is 0.338 e. The number of ether oxygens (including phenoxy) is 2. The van der Waals surface area contributed by atoms with Crippen LogP contribution < -0.4 is 5.32 Å². The van der Waals surface area contributed by atoms with Crippen molar-refractivity contribution in [2.45, 2.75) is 23.9 Å². The monoisotopic (exact) mass is 510 g/mol. The summed E-state index contributed by atoms with van der Waals surface area (Å²) >= 11 is 7.72. The number of anilines is 1. The van der Waals surface area contributed by atoms with Crippen molar-refractivity contribution in [3.8, 4) is 0 Å². The molecule has 1 aliphatic heterocycles. The first-order chi connectivity index (χ1) is 16.9. The minimum atomic E-state index is -0.613. The van der Waals surface area contributed by atoms with Crippen LogP contribution in [0.2, 0.25) is 5.02 Å². The van der Waals surface area contributed by atoms with E-state index in [1.165, 1.54) is 24.9 Å². The summed E-state index contributed by atoms with van der Waals surface area (Å²) in [6.07, 6.45) is 1.51. The van der Waals surface area contributed by atoms with E-state index in [9.17, 15) is 9.59 Å². The molecular formula is C25H23ClN4O4S. The number of allylic oxidation sites excluding steroid dienone is 1. The summed E-state index contributed by atoms with van der Waals surface area (Å²) in [5.41, 5.74) is 3.09. The molecule has 8 nitrogen and oxygen atoms in total. The molecule has 1 N–H and O–H groups in total. The summed E-state index contributed by atoms with van der Waals surface area (Å²) < 4.78 is 11.8. The fraction of sp³-hybridized carbons (Fsp3) is 0.200. The van der Waals surface area contributed by atoms with Gasteiger partial charge in [0.15, 0.2) is 0 Å². The van der Waals surface area contributed by atoms with Crippen LogP contribution in [0.1, 0.15) is 34.5 Å². The van der Waals surface area contributed by atoms with Gasteiger partial charge in [0.1, 0.15) is 12.6 Å².